The summed E-state index contributed by atoms with van der Waals surface area (Å²) in [5.41, 5.74) is 1.44. The summed E-state index contributed by atoms with van der Waals surface area (Å²) >= 11 is 0. The first-order valence-corrected chi connectivity index (χ1v) is 7.40. The lowest BCUT2D eigenvalue weighted by molar-refractivity contribution is -0.123. The number of hydrogen-bond donors (Lipinski definition) is 2. The first-order valence-electron chi connectivity index (χ1n) is 7.40. The highest BCUT2D eigenvalue weighted by molar-refractivity contribution is 5.83. The summed E-state index contributed by atoms with van der Waals surface area (Å²) in [6.07, 6.45) is 3.41. The van der Waals surface area contributed by atoms with Gasteiger partial charge in [0.2, 0.25) is 5.91 Å². The minimum Gasteiger partial charge on any atom is -0.491 e. The molecule has 1 aromatic carbocycles. The van der Waals surface area contributed by atoms with E-state index in [9.17, 15) is 9.18 Å². The van der Waals surface area contributed by atoms with Crippen LogP contribution >= 0.6 is 0 Å². The summed E-state index contributed by atoms with van der Waals surface area (Å²) in [5, 5.41) is 9.79. The minimum atomic E-state index is -0.503. The third-order valence-corrected chi connectivity index (χ3v) is 3.37. The Morgan fingerprint density at radius 2 is 2.26 bits per heavy atom. The van der Waals surface area contributed by atoms with E-state index in [1.807, 2.05) is 0 Å². The van der Waals surface area contributed by atoms with Crippen molar-refractivity contribution in [3.8, 4) is 5.75 Å². The Labute approximate surface area is 134 Å². The van der Waals surface area contributed by atoms with Crippen LogP contribution in [0.25, 0.3) is 0 Å². The normalized spacial score (nSPS) is 12.0. The van der Waals surface area contributed by atoms with E-state index < -0.39 is 11.9 Å². The van der Waals surface area contributed by atoms with Gasteiger partial charge in [0, 0.05) is 25.4 Å². The van der Waals surface area contributed by atoms with Crippen LogP contribution in [0.4, 0.5) is 4.39 Å². The molecule has 0 saturated heterocycles. The van der Waals surface area contributed by atoms with E-state index in [-0.39, 0.29) is 18.2 Å². The lowest BCUT2D eigenvalue weighted by Gasteiger charge is -2.15. The van der Waals surface area contributed by atoms with Gasteiger partial charge < -0.3 is 15.4 Å². The zero-order valence-corrected chi connectivity index (χ0v) is 13.5. The topological polar surface area (TPSA) is 68.2 Å². The molecule has 1 heterocycles. The number of carbonyl (C=O) groups is 1. The summed E-state index contributed by atoms with van der Waals surface area (Å²) in [4.78, 5) is 12.3. The third kappa shape index (κ3) is 4.29. The predicted octanol–water partition coefficient (Wildman–Crippen LogP) is 1.53. The van der Waals surface area contributed by atoms with Crippen molar-refractivity contribution in [1.29, 1.82) is 0 Å². The molecule has 0 radical (unpaired) electrons. The lowest BCUT2D eigenvalue weighted by atomic mass is 10.1. The Balaban J connectivity index is 1.99. The van der Waals surface area contributed by atoms with Gasteiger partial charge in [0.1, 0.15) is 6.04 Å². The van der Waals surface area contributed by atoms with Gasteiger partial charge in [-0.25, -0.2) is 4.39 Å². The highest BCUT2D eigenvalue weighted by atomic mass is 19.1. The molecule has 124 valence electrons. The molecule has 0 bridgehead atoms. The molecule has 7 heteroatoms. The molecule has 0 fully saturated rings. The fourth-order valence-corrected chi connectivity index (χ4v) is 2.26. The number of hydrogen-bond acceptors (Lipinski definition) is 4. The molecule has 2 rings (SSSR count). The summed E-state index contributed by atoms with van der Waals surface area (Å²) < 4.78 is 20.6. The number of benzene rings is 1. The van der Waals surface area contributed by atoms with Crippen LogP contribution in [0.5, 0.6) is 5.75 Å². The molecule has 0 aliphatic heterocycles. The van der Waals surface area contributed by atoms with E-state index in [0.29, 0.717) is 12.2 Å². The quantitative estimate of drug-likeness (QED) is 0.812. The average molecular weight is 320 g/mol. The van der Waals surface area contributed by atoms with Crippen LogP contribution in [0, 0.1) is 5.82 Å². The monoisotopic (exact) mass is 320 g/mol. The molecule has 1 amide bonds. The largest absolute Gasteiger partial charge is 0.491 e. The molecule has 1 aromatic heterocycles. The molecule has 0 saturated carbocycles. The number of aryl methyl sites for hydroxylation is 1. The maximum atomic E-state index is 13.8. The molecule has 2 N–H and O–H groups in total. The van der Waals surface area contributed by atoms with Gasteiger partial charge in [0.25, 0.3) is 0 Å². The van der Waals surface area contributed by atoms with E-state index in [2.05, 4.69) is 15.7 Å². The second-order valence-corrected chi connectivity index (χ2v) is 5.08. The number of amides is 1. The Hall–Kier alpha value is -2.41. The van der Waals surface area contributed by atoms with Crippen molar-refractivity contribution in [3.05, 3.63) is 47.5 Å². The second-order valence-electron chi connectivity index (χ2n) is 5.08. The molecule has 0 aliphatic rings. The molecule has 6 nitrogen and oxygen atoms in total. The Bertz CT molecular complexity index is 672. The van der Waals surface area contributed by atoms with Crippen LogP contribution < -0.4 is 15.4 Å². The maximum Gasteiger partial charge on any atom is 0.242 e. The molecule has 1 atom stereocenters. The minimum absolute atomic E-state index is 0.199. The standard InChI is InChI=1S/C16H21FN4O2/c1-4-23-14-6-5-11(7-13(14)17)8-19-16(22)15(18-2)12-9-20-21(3)10-12/h5-7,9-10,15,18H,4,8H2,1-3H3,(H,19,22). The van der Waals surface area contributed by atoms with E-state index in [1.165, 1.54) is 6.07 Å². The molecular formula is C16H21FN4O2. The summed E-state index contributed by atoms with van der Waals surface area (Å²) in [6.45, 7) is 2.44. The number of rotatable bonds is 7. The highest BCUT2D eigenvalue weighted by Gasteiger charge is 2.19. The fraction of sp³-hybridized carbons (Fsp3) is 0.375. The molecular weight excluding hydrogens is 299 g/mol. The van der Waals surface area contributed by atoms with Gasteiger partial charge in [-0.05, 0) is 31.7 Å². The van der Waals surface area contributed by atoms with Gasteiger partial charge in [0.05, 0.1) is 12.8 Å². The van der Waals surface area contributed by atoms with Gasteiger partial charge in [-0.3, -0.25) is 9.48 Å². The van der Waals surface area contributed by atoms with Crippen LogP contribution in [-0.2, 0) is 18.4 Å². The number of nitrogens with zero attached hydrogens (tertiary/aromatic N) is 2. The lowest BCUT2D eigenvalue weighted by Crippen LogP contribution is -2.35. The average Bonchev–Trinajstić information content (AvgIpc) is 2.95. The number of ether oxygens (including phenoxy) is 1. The number of carbonyl (C=O) groups excluding carboxylic acids is 1. The first kappa shape index (κ1) is 17.0. The van der Waals surface area contributed by atoms with Crippen molar-refractivity contribution in [3.63, 3.8) is 0 Å². The molecule has 0 aliphatic carbocycles. The SMILES string of the molecule is CCOc1ccc(CNC(=O)C(NC)c2cnn(C)c2)cc1F. The number of halogens is 1. The van der Waals surface area contributed by atoms with E-state index in [4.69, 9.17) is 4.74 Å². The summed E-state index contributed by atoms with van der Waals surface area (Å²) in [5.74, 6) is -0.420. The van der Waals surface area contributed by atoms with Crippen LogP contribution in [0.2, 0.25) is 0 Å². The van der Waals surface area contributed by atoms with Crippen molar-refractivity contribution >= 4 is 5.91 Å². The van der Waals surface area contributed by atoms with Crippen molar-refractivity contribution in [2.45, 2.75) is 19.5 Å². The fourth-order valence-electron chi connectivity index (χ4n) is 2.26. The Morgan fingerprint density at radius 3 is 2.83 bits per heavy atom. The Kier molecular flexibility index (Phi) is 5.70. The van der Waals surface area contributed by atoms with Gasteiger partial charge in [-0.2, -0.15) is 5.10 Å². The third-order valence-electron chi connectivity index (χ3n) is 3.37. The summed E-state index contributed by atoms with van der Waals surface area (Å²) in [7, 11) is 3.49. The van der Waals surface area contributed by atoms with E-state index in [1.54, 1.807) is 50.2 Å². The van der Waals surface area contributed by atoms with Crippen molar-refractivity contribution < 1.29 is 13.9 Å². The highest BCUT2D eigenvalue weighted by Crippen LogP contribution is 2.18. The van der Waals surface area contributed by atoms with Crippen LogP contribution in [-0.4, -0.2) is 29.3 Å². The van der Waals surface area contributed by atoms with Crippen molar-refractivity contribution in [2.24, 2.45) is 7.05 Å². The molecule has 1 unspecified atom stereocenters. The zero-order valence-electron chi connectivity index (χ0n) is 13.5. The van der Waals surface area contributed by atoms with Crippen molar-refractivity contribution in [1.82, 2.24) is 20.4 Å². The molecule has 2 aromatic rings. The first-order chi connectivity index (χ1) is 11.0. The van der Waals surface area contributed by atoms with Crippen LogP contribution in [0.3, 0.4) is 0 Å². The van der Waals surface area contributed by atoms with Crippen LogP contribution in [0.15, 0.2) is 30.6 Å². The second kappa shape index (κ2) is 7.73. The maximum absolute atomic E-state index is 13.8. The van der Waals surface area contributed by atoms with Gasteiger partial charge in [-0.1, -0.05) is 6.07 Å². The number of aromatic nitrogens is 2. The van der Waals surface area contributed by atoms with E-state index in [0.717, 1.165) is 5.56 Å². The van der Waals surface area contributed by atoms with Crippen LogP contribution in [0.1, 0.15) is 24.1 Å². The molecule has 0 spiro atoms. The van der Waals surface area contributed by atoms with Gasteiger partial charge in [-0.15, -0.1) is 0 Å². The Morgan fingerprint density at radius 1 is 1.48 bits per heavy atom. The number of nitrogens with one attached hydrogen (secondary N) is 2. The predicted molar refractivity (Wildman–Crippen MR) is 84.4 cm³/mol. The zero-order chi connectivity index (χ0) is 16.8. The molecule has 23 heavy (non-hydrogen) atoms. The van der Waals surface area contributed by atoms with E-state index >= 15 is 0 Å². The van der Waals surface area contributed by atoms with Gasteiger partial charge in [0.15, 0.2) is 11.6 Å². The van der Waals surface area contributed by atoms with Crippen molar-refractivity contribution in [2.75, 3.05) is 13.7 Å². The smallest absolute Gasteiger partial charge is 0.242 e. The summed E-state index contributed by atoms with van der Waals surface area (Å²) in [6, 6.07) is 4.16. The number of likely N-dealkylation sites (N-methyl/N-ethyl adjacent to an activating group) is 1. The van der Waals surface area contributed by atoms with Gasteiger partial charge >= 0.3 is 0 Å².